The molecule has 0 saturated carbocycles. The standard InChI is InChI=1S/C14H23NO2/c1-5-15-9-13-8-11(2)6-7-14(13)17-12(3)10-16-4/h6-8,12,15H,5,9-10H2,1-4H3. The molecule has 0 bridgehead atoms. The van der Waals surface area contributed by atoms with Crippen molar-refractivity contribution in [3.63, 3.8) is 0 Å². The van der Waals surface area contributed by atoms with Gasteiger partial charge in [-0.2, -0.15) is 0 Å². The quantitative estimate of drug-likeness (QED) is 0.790. The van der Waals surface area contributed by atoms with Gasteiger partial charge in [0.05, 0.1) is 6.61 Å². The first kappa shape index (κ1) is 14.0. The second-order valence-corrected chi connectivity index (χ2v) is 4.28. The van der Waals surface area contributed by atoms with Gasteiger partial charge in [0.15, 0.2) is 0 Å². The fourth-order valence-corrected chi connectivity index (χ4v) is 1.71. The highest BCUT2D eigenvalue weighted by molar-refractivity contribution is 5.37. The van der Waals surface area contributed by atoms with Crippen LogP contribution in [0.4, 0.5) is 0 Å². The summed E-state index contributed by atoms with van der Waals surface area (Å²) in [4.78, 5) is 0. The third-order valence-electron chi connectivity index (χ3n) is 2.51. The number of hydrogen-bond donors (Lipinski definition) is 1. The van der Waals surface area contributed by atoms with Crippen molar-refractivity contribution < 1.29 is 9.47 Å². The predicted octanol–water partition coefficient (Wildman–Crippen LogP) is 2.52. The Labute approximate surface area is 104 Å². The zero-order chi connectivity index (χ0) is 12.7. The second-order valence-electron chi connectivity index (χ2n) is 4.28. The Hall–Kier alpha value is -1.06. The highest BCUT2D eigenvalue weighted by Crippen LogP contribution is 2.21. The SMILES string of the molecule is CCNCc1cc(C)ccc1OC(C)COC. The Bertz CT molecular complexity index is 339. The van der Waals surface area contributed by atoms with Gasteiger partial charge in [-0.1, -0.05) is 24.6 Å². The van der Waals surface area contributed by atoms with Gasteiger partial charge in [0.1, 0.15) is 11.9 Å². The van der Waals surface area contributed by atoms with Crippen LogP contribution < -0.4 is 10.1 Å². The monoisotopic (exact) mass is 237 g/mol. The molecule has 0 heterocycles. The number of nitrogens with one attached hydrogen (secondary N) is 1. The first-order chi connectivity index (χ1) is 8.17. The minimum atomic E-state index is 0.0723. The lowest BCUT2D eigenvalue weighted by Crippen LogP contribution is -2.20. The molecule has 0 amide bonds. The van der Waals surface area contributed by atoms with E-state index in [4.69, 9.17) is 9.47 Å². The van der Waals surface area contributed by atoms with E-state index in [1.54, 1.807) is 7.11 Å². The molecule has 17 heavy (non-hydrogen) atoms. The van der Waals surface area contributed by atoms with Crippen molar-refractivity contribution in [2.75, 3.05) is 20.3 Å². The number of methoxy groups -OCH3 is 1. The Morgan fingerprint density at radius 1 is 1.35 bits per heavy atom. The highest BCUT2D eigenvalue weighted by atomic mass is 16.5. The predicted molar refractivity (Wildman–Crippen MR) is 70.5 cm³/mol. The van der Waals surface area contributed by atoms with Crippen molar-refractivity contribution in [2.45, 2.75) is 33.4 Å². The molecule has 0 aliphatic rings. The van der Waals surface area contributed by atoms with Gasteiger partial charge in [-0.15, -0.1) is 0 Å². The molecule has 3 nitrogen and oxygen atoms in total. The Morgan fingerprint density at radius 2 is 2.12 bits per heavy atom. The third kappa shape index (κ3) is 4.75. The van der Waals surface area contributed by atoms with Crippen molar-refractivity contribution in [3.05, 3.63) is 29.3 Å². The number of rotatable bonds is 7. The maximum absolute atomic E-state index is 5.87. The van der Waals surface area contributed by atoms with Crippen LogP contribution in [-0.2, 0) is 11.3 Å². The van der Waals surface area contributed by atoms with E-state index < -0.39 is 0 Å². The van der Waals surface area contributed by atoms with Crippen LogP contribution in [0.5, 0.6) is 5.75 Å². The molecule has 0 aliphatic heterocycles. The Balaban J connectivity index is 2.74. The van der Waals surface area contributed by atoms with Crippen molar-refractivity contribution in [1.29, 1.82) is 0 Å². The fraction of sp³-hybridized carbons (Fsp3) is 0.571. The van der Waals surface area contributed by atoms with Crippen molar-refractivity contribution in [1.82, 2.24) is 5.32 Å². The van der Waals surface area contributed by atoms with Gasteiger partial charge in [0.25, 0.3) is 0 Å². The van der Waals surface area contributed by atoms with Crippen molar-refractivity contribution in [2.24, 2.45) is 0 Å². The van der Waals surface area contributed by atoms with E-state index in [1.165, 1.54) is 11.1 Å². The minimum Gasteiger partial charge on any atom is -0.488 e. The summed E-state index contributed by atoms with van der Waals surface area (Å²) in [6.45, 7) is 8.62. The summed E-state index contributed by atoms with van der Waals surface area (Å²) in [5.41, 5.74) is 2.46. The van der Waals surface area contributed by atoms with Crippen molar-refractivity contribution >= 4 is 0 Å². The van der Waals surface area contributed by atoms with Gasteiger partial charge in [-0.05, 0) is 26.5 Å². The van der Waals surface area contributed by atoms with E-state index in [2.05, 4.69) is 31.3 Å². The Kier molecular flexibility index (Phi) is 6.01. The lowest BCUT2D eigenvalue weighted by molar-refractivity contribution is 0.0913. The molecule has 0 aromatic heterocycles. The van der Waals surface area contributed by atoms with Crippen LogP contribution in [0.15, 0.2) is 18.2 Å². The summed E-state index contributed by atoms with van der Waals surface area (Å²) in [6, 6.07) is 6.27. The largest absolute Gasteiger partial charge is 0.488 e. The molecule has 1 rings (SSSR count). The molecule has 0 saturated heterocycles. The highest BCUT2D eigenvalue weighted by Gasteiger charge is 2.08. The number of ether oxygens (including phenoxy) is 2. The summed E-state index contributed by atoms with van der Waals surface area (Å²) in [5.74, 6) is 0.945. The first-order valence-corrected chi connectivity index (χ1v) is 6.13. The van der Waals surface area contributed by atoms with Gasteiger partial charge < -0.3 is 14.8 Å². The smallest absolute Gasteiger partial charge is 0.124 e. The van der Waals surface area contributed by atoms with Crippen LogP contribution in [0.1, 0.15) is 25.0 Å². The van der Waals surface area contributed by atoms with Gasteiger partial charge >= 0.3 is 0 Å². The summed E-state index contributed by atoms with van der Waals surface area (Å²) < 4.78 is 11.0. The molecular weight excluding hydrogens is 214 g/mol. The molecule has 1 aromatic rings. The van der Waals surface area contributed by atoms with Crippen LogP contribution in [0.3, 0.4) is 0 Å². The second kappa shape index (κ2) is 7.30. The number of benzene rings is 1. The topological polar surface area (TPSA) is 30.5 Å². The summed E-state index contributed by atoms with van der Waals surface area (Å²) >= 11 is 0. The fourth-order valence-electron chi connectivity index (χ4n) is 1.71. The molecule has 96 valence electrons. The Morgan fingerprint density at radius 3 is 2.76 bits per heavy atom. The molecule has 0 aliphatic carbocycles. The summed E-state index contributed by atoms with van der Waals surface area (Å²) in [6.07, 6.45) is 0.0723. The molecule has 0 spiro atoms. The average Bonchev–Trinajstić information content (AvgIpc) is 2.30. The molecule has 0 radical (unpaired) electrons. The van der Waals surface area contributed by atoms with Gasteiger partial charge in [-0.3, -0.25) is 0 Å². The molecule has 1 atom stereocenters. The van der Waals surface area contributed by atoms with E-state index in [0.29, 0.717) is 6.61 Å². The van der Waals surface area contributed by atoms with Gasteiger partial charge in [-0.25, -0.2) is 0 Å². The maximum Gasteiger partial charge on any atom is 0.124 e. The van der Waals surface area contributed by atoms with E-state index in [9.17, 15) is 0 Å². The van der Waals surface area contributed by atoms with Crippen LogP contribution >= 0.6 is 0 Å². The van der Waals surface area contributed by atoms with Gasteiger partial charge in [0, 0.05) is 19.2 Å². The number of hydrogen-bond acceptors (Lipinski definition) is 3. The maximum atomic E-state index is 5.87. The minimum absolute atomic E-state index is 0.0723. The first-order valence-electron chi connectivity index (χ1n) is 6.13. The van der Waals surface area contributed by atoms with E-state index in [-0.39, 0.29) is 6.10 Å². The van der Waals surface area contributed by atoms with Crippen LogP contribution in [0, 0.1) is 6.92 Å². The van der Waals surface area contributed by atoms with E-state index in [0.717, 1.165) is 18.8 Å². The summed E-state index contributed by atoms with van der Waals surface area (Å²) in [7, 11) is 1.69. The van der Waals surface area contributed by atoms with Gasteiger partial charge in [0.2, 0.25) is 0 Å². The van der Waals surface area contributed by atoms with Crippen LogP contribution in [-0.4, -0.2) is 26.4 Å². The molecule has 1 N–H and O–H groups in total. The van der Waals surface area contributed by atoms with Crippen LogP contribution in [0.25, 0.3) is 0 Å². The molecule has 1 aromatic carbocycles. The summed E-state index contributed by atoms with van der Waals surface area (Å²) in [5, 5.41) is 3.33. The molecular formula is C14H23NO2. The third-order valence-corrected chi connectivity index (χ3v) is 2.51. The lowest BCUT2D eigenvalue weighted by Gasteiger charge is -2.17. The lowest BCUT2D eigenvalue weighted by atomic mass is 10.1. The molecule has 0 fully saturated rings. The van der Waals surface area contributed by atoms with Crippen LogP contribution in [0.2, 0.25) is 0 Å². The van der Waals surface area contributed by atoms with E-state index >= 15 is 0 Å². The number of aryl methyl sites for hydroxylation is 1. The molecule has 1 unspecified atom stereocenters. The zero-order valence-corrected chi connectivity index (χ0v) is 11.2. The van der Waals surface area contributed by atoms with E-state index in [1.807, 2.05) is 13.0 Å². The molecule has 3 heteroatoms. The van der Waals surface area contributed by atoms with Crippen molar-refractivity contribution in [3.8, 4) is 5.75 Å². The average molecular weight is 237 g/mol. The zero-order valence-electron chi connectivity index (χ0n) is 11.2. The normalized spacial score (nSPS) is 12.5.